The zero-order chi connectivity index (χ0) is 13.1. The van der Waals surface area contributed by atoms with Crippen LogP contribution in [0.4, 0.5) is 11.5 Å². The van der Waals surface area contributed by atoms with Crippen LogP contribution in [-0.2, 0) is 0 Å². The average molecular weight is 314 g/mol. The standard InChI is InChI=1S/C13H20BrN3O/c1-9-11(15)8-16-13(12(9)14)17(6-3-7-18)10-4-2-5-10/h8,10,18H,2-7,15H2,1H3. The molecule has 5 heteroatoms. The highest BCUT2D eigenvalue weighted by Crippen LogP contribution is 2.35. The number of rotatable bonds is 5. The maximum Gasteiger partial charge on any atom is 0.143 e. The number of hydrogen-bond acceptors (Lipinski definition) is 4. The van der Waals surface area contributed by atoms with Crippen LogP contribution in [0.2, 0.25) is 0 Å². The number of aliphatic hydroxyl groups is 1. The van der Waals surface area contributed by atoms with E-state index < -0.39 is 0 Å². The van der Waals surface area contributed by atoms with Crippen molar-refractivity contribution in [3.05, 3.63) is 16.2 Å². The highest BCUT2D eigenvalue weighted by Gasteiger charge is 2.27. The molecule has 0 aromatic carbocycles. The number of aromatic nitrogens is 1. The van der Waals surface area contributed by atoms with E-state index in [4.69, 9.17) is 10.8 Å². The Morgan fingerprint density at radius 1 is 1.56 bits per heavy atom. The van der Waals surface area contributed by atoms with Gasteiger partial charge in [0.15, 0.2) is 0 Å². The molecule has 1 aromatic rings. The Kier molecular flexibility index (Phi) is 4.45. The first-order valence-electron chi connectivity index (χ1n) is 6.43. The summed E-state index contributed by atoms with van der Waals surface area (Å²) < 4.78 is 0.979. The van der Waals surface area contributed by atoms with Gasteiger partial charge in [0.05, 0.1) is 16.4 Å². The zero-order valence-electron chi connectivity index (χ0n) is 10.7. The second-order valence-electron chi connectivity index (χ2n) is 4.83. The number of halogens is 1. The van der Waals surface area contributed by atoms with Gasteiger partial charge >= 0.3 is 0 Å². The van der Waals surface area contributed by atoms with E-state index in [2.05, 4.69) is 25.8 Å². The Morgan fingerprint density at radius 3 is 2.83 bits per heavy atom. The van der Waals surface area contributed by atoms with E-state index in [-0.39, 0.29) is 6.61 Å². The topological polar surface area (TPSA) is 62.4 Å². The summed E-state index contributed by atoms with van der Waals surface area (Å²) in [5.74, 6) is 0.958. The molecule has 0 spiro atoms. The van der Waals surface area contributed by atoms with Crippen LogP contribution >= 0.6 is 15.9 Å². The highest BCUT2D eigenvalue weighted by atomic mass is 79.9. The average Bonchev–Trinajstić information content (AvgIpc) is 2.30. The van der Waals surface area contributed by atoms with Crippen molar-refractivity contribution in [3.63, 3.8) is 0 Å². The summed E-state index contributed by atoms with van der Waals surface area (Å²) in [5.41, 5.74) is 7.61. The summed E-state index contributed by atoms with van der Waals surface area (Å²) >= 11 is 3.60. The third-order valence-electron chi connectivity index (χ3n) is 3.63. The molecule has 0 bridgehead atoms. The van der Waals surface area contributed by atoms with Crippen LogP contribution < -0.4 is 10.6 Å². The molecule has 1 aromatic heterocycles. The molecule has 0 unspecified atom stereocenters. The molecule has 1 heterocycles. The predicted octanol–water partition coefficient (Wildman–Crippen LogP) is 2.48. The summed E-state index contributed by atoms with van der Waals surface area (Å²) in [7, 11) is 0. The molecule has 0 amide bonds. The van der Waals surface area contributed by atoms with Crippen molar-refractivity contribution in [1.82, 2.24) is 4.98 Å². The molecule has 18 heavy (non-hydrogen) atoms. The minimum atomic E-state index is 0.217. The predicted molar refractivity (Wildman–Crippen MR) is 77.8 cm³/mol. The monoisotopic (exact) mass is 313 g/mol. The van der Waals surface area contributed by atoms with Crippen LogP contribution in [0.3, 0.4) is 0 Å². The first kappa shape index (κ1) is 13.6. The third kappa shape index (κ3) is 2.62. The molecule has 1 fully saturated rings. The molecule has 0 aliphatic heterocycles. The van der Waals surface area contributed by atoms with Crippen molar-refractivity contribution in [2.75, 3.05) is 23.8 Å². The molecule has 0 saturated heterocycles. The van der Waals surface area contributed by atoms with Crippen LogP contribution in [0.1, 0.15) is 31.2 Å². The summed E-state index contributed by atoms with van der Waals surface area (Å²) in [6, 6.07) is 0.559. The molecular formula is C13H20BrN3O. The van der Waals surface area contributed by atoms with E-state index in [0.717, 1.165) is 28.8 Å². The number of hydrogen-bond donors (Lipinski definition) is 2. The lowest BCUT2D eigenvalue weighted by molar-refractivity contribution is 0.282. The molecule has 3 N–H and O–H groups in total. The molecule has 2 rings (SSSR count). The number of nitrogen functional groups attached to an aromatic ring is 1. The van der Waals surface area contributed by atoms with Gasteiger partial charge in [0.2, 0.25) is 0 Å². The number of anilines is 2. The molecular weight excluding hydrogens is 294 g/mol. The zero-order valence-corrected chi connectivity index (χ0v) is 12.3. The van der Waals surface area contributed by atoms with Crippen LogP contribution in [0, 0.1) is 6.92 Å². The number of nitrogens with two attached hydrogens (primary N) is 1. The Bertz CT molecular complexity index is 421. The summed E-state index contributed by atoms with van der Waals surface area (Å²) in [6.07, 6.45) is 6.20. The van der Waals surface area contributed by atoms with Crippen LogP contribution in [-0.4, -0.2) is 29.3 Å². The fraction of sp³-hybridized carbons (Fsp3) is 0.615. The number of nitrogens with zero attached hydrogens (tertiary/aromatic N) is 2. The largest absolute Gasteiger partial charge is 0.397 e. The highest BCUT2D eigenvalue weighted by molar-refractivity contribution is 9.10. The van der Waals surface area contributed by atoms with Gasteiger partial charge in [-0.3, -0.25) is 0 Å². The maximum absolute atomic E-state index is 9.02. The van der Waals surface area contributed by atoms with Crippen LogP contribution in [0.5, 0.6) is 0 Å². The molecule has 1 aliphatic rings. The summed E-state index contributed by atoms with van der Waals surface area (Å²) in [6.45, 7) is 3.06. The molecule has 0 atom stereocenters. The second kappa shape index (κ2) is 5.89. The van der Waals surface area contributed by atoms with Gasteiger partial charge in [0.25, 0.3) is 0 Å². The number of pyridine rings is 1. The normalized spacial score (nSPS) is 15.5. The number of aliphatic hydroxyl groups excluding tert-OH is 1. The lowest BCUT2D eigenvalue weighted by atomic mass is 9.91. The van der Waals surface area contributed by atoms with E-state index in [1.54, 1.807) is 6.20 Å². The Hall–Kier alpha value is -0.810. The molecule has 1 aliphatic carbocycles. The van der Waals surface area contributed by atoms with E-state index in [0.29, 0.717) is 11.7 Å². The smallest absolute Gasteiger partial charge is 0.143 e. The van der Waals surface area contributed by atoms with Gasteiger partial charge in [-0.1, -0.05) is 0 Å². The van der Waals surface area contributed by atoms with Crippen molar-refractivity contribution < 1.29 is 5.11 Å². The van der Waals surface area contributed by atoms with Gasteiger partial charge in [-0.25, -0.2) is 4.98 Å². The van der Waals surface area contributed by atoms with E-state index in [9.17, 15) is 0 Å². The van der Waals surface area contributed by atoms with Gasteiger partial charge in [-0.15, -0.1) is 0 Å². The minimum absolute atomic E-state index is 0.217. The lowest BCUT2D eigenvalue weighted by Crippen LogP contribution is -2.42. The fourth-order valence-electron chi connectivity index (χ4n) is 2.18. The van der Waals surface area contributed by atoms with Gasteiger partial charge in [-0.2, -0.15) is 0 Å². The van der Waals surface area contributed by atoms with Gasteiger partial charge in [0.1, 0.15) is 5.82 Å². The lowest BCUT2D eigenvalue weighted by Gasteiger charge is -2.39. The van der Waals surface area contributed by atoms with Crippen LogP contribution in [0.15, 0.2) is 10.7 Å². The Labute approximate surface area is 116 Å². The Balaban J connectivity index is 2.26. The van der Waals surface area contributed by atoms with Gasteiger partial charge < -0.3 is 15.7 Å². The maximum atomic E-state index is 9.02. The molecule has 0 radical (unpaired) electrons. The van der Waals surface area contributed by atoms with Crippen molar-refractivity contribution in [3.8, 4) is 0 Å². The van der Waals surface area contributed by atoms with E-state index in [1.165, 1.54) is 19.3 Å². The quantitative estimate of drug-likeness (QED) is 0.876. The van der Waals surface area contributed by atoms with Crippen molar-refractivity contribution in [2.45, 2.75) is 38.6 Å². The molecule has 4 nitrogen and oxygen atoms in total. The van der Waals surface area contributed by atoms with Gasteiger partial charge in [-0.05, 0) is 54.1 Å². The summed E-state index contributed by atoms with van der Waals surface area (Å²) in [5, 5.41) is 9.02. The second-order valence-corrected chi connectivity index (χ2v) is 5.62. The van der Waals surface area contributed by atoms with Crippen LogP contribution in [0.25, 0.3) is 0 Å². The van der Waals surface area contributed by atoms with Crippen molar-refractivity contribution in [2.24, 2.45) is 0 Å². The van der Waals surface area contributed by atoms with Crippen molar-refractivity contribution in [1.29, 1.82) is 0 Å². The van der Waals surface area contributed by atoms with E-state index >= 15 is 0 Å². The minimum Gasteiger partial charge on any atom is -0.397 e. The third-order valence-corrected chi connectivity index (χ3v) is 4.58. The van der Waals surface area contributed by atoms with Crippen molar-refractivity contribution >= 4 is 27.4 Å². The van der Waals surface area contributed by atoms with E-state index in [1.807, 2.05) is 6.92 Å². The SMILES string of the molecule is Cc1c(N)cnc(N(CCCO)C2CCC2)c1Br. The molecule has 100 valence electrons. The fourth-order valence-corrected chi connectivity index (χ4v) is 2.74. The molecule has 1 saturated carbocycles. The Morgan fingerprint density at radius 2 is 2.28 bits per heavy atom. The first-order chi connectivity index (χ1) is 8.65. The first-order valence-corrected chi connectivity index (χ1v) is 7.22. The van der Waals surface area contributed by atoms with Gasteiger partial charge in [0, 0.05) is 19.2 Å². The summed E-state index contributed by atoms with van der Waals surface area (Å²) in [4.78, 5) is 6.77.